The van der Waals surface area contributed by atoms with E-state index in [9.17, 15) is 0 Å². The average Bonchev–Trinajstić information content (AvgIpc) is 3.13. The normalized spacial score (nSPS) is 14.9. The highest BCUT2D eigenvalue weighted by Gasteiger charge is 2.26. The number of aryl methyl sites for hydroxylation is 2. The van der Waals surface area contributed by atoms with Crippen LogP contribution in [-0.2, 0) is 0 Å². The van der Waals surface area contributed by atoms with Gasteiger partial charge in [-0.1, -0.05) is 48.0 Å². The van der Waals surface area contributed by atoms with Gasteiger partial charge in [0, 0.05) is 0 Å². The van der Waals surface area contributed by atoms with Gasteiger partial charge >= 0.3 is 0 Å². The van der Waals surface area contributed by atoms with E-state index in [-0.39, 0.29) is 0 Å². The molecule has 0 saturated heterocycles. The lowest BCUT2D eigenvalue weighted by Crippen LogP contribution is -1.90. The van der Waals surface area contributed by atoms with Crippen molar-refractivity contribution in [1.29, 1.82) is 0 Å². The summed E-state index contributed by atoms with van der Waals surface area (Å²) in [5.74, 6) is 0.810. The lowest BCUT2D eigenvalue weighted by Gasteiger charge is -2.12. The molecule has 2 aromatic rings. The molecule has 3 rings (SSSR count). The minimum Gasteiger partial charge on any atom is -0.0620 e. The molecule has 0 bridgehead atoms. The van der Waals surface area contributed by atoms with Crippen LogP contribution >= 0.6 is 0 Å². The molecule has 0 amide bonds. The Hall–Kier alpha value is -1.56. The molecular formula is C17H18. The van der Waals surface area contributed by atoms with Gasteiger partial charge in [-0.2, -0.15) is 0 Å². The minimum absolute atomic E-state index is 0.810. The van der Waals surface area contributed by atoms with Crippen LogP contribution in [0.4, 0.5) is 0 Å². The predicted molar refractivity (Wildman–Crippen MR) is 73.3 cm³/mol. The third-order valence-corrected chi connectivity index (χ3v) is 3.66. The Balaban J connectivity index is 2.18. The molecule has 0 N–H and O–H groups in total. The minimum atomic E-state index is 0.810. The Morgan fingerprint density at radius 2 is 1.65 bits per heavy atom. The van der Waals surface area contributed by atoms with Crippen LogP contribution < -0.4 is 0 Å². The molecule has 0 nitrogen and oxygen atoms in total. The first-order valence-corrected chi connectivity index (χ1v) is 6.42. The summed E-state index contributed by atoms with van der Waals surface area (Å²) in [6.07, 6.45) is 2.73. The molecule has 0 unspecified atom stereocenters. The Kier molecular flexibility index (Phi) is 2.51. The molecule has 0 spiro atoms. The lowest BCUT2D eigenvalue weighted by molar-refractivity contribution is 1.13. The van der Waals surface area contributed by atoms with Gasteiger partial charge in [0.05, 0.1) is 0 Å². The first-order chi connectivity index (χ1) is 8.25. The van der Waals surface area contributed by atoms with E-state index in [4.69, 9.17) is 0 Å². The summed E-state index contributed by atoms with van der Waals surface area (Å²) in [4.78, 5) is 0. The average molecular weight is 222 g/mol. The van der Waals surface area contributed by atoms with Gasteiger partial charge in [-0.25, -0.2) is 0 Å². The Bertz CT molecular complexity index is 548. The molecule has 1 aliphatic rings. The standard InChI is InChI=1S/C17H18/c1-12-7-10-16(14-8-9-14)17(11-12)15-6-4-3-5-13(15)2/h3-7,10-11,14H,8-9H2,1-2H3. The van der Waals surface area contributed by atoms with E-state index in [1.165, 1.54) is 35.1 Å². The summed E-state index contributed by atoms with van der Waals surface area (Å²) in [5, 5.41) is 0. The molecule has 1 aliphatic carbocycles. The molecule has 2 aromatic carbocycles. The molecule has 0 heteroatoms. The van der Waals surface area contributed by atoms with Crippen LogP contribution in [0.15, 0.2) is 42.5 Å². The van der Waals surface area contributed by atoms with Gasteiger partial charge in [0.25, 0.3) is 0 Å². The highest BCUT2D eigenvalue weighted by molar-refractivity contribution is 5.72. The highest BCUT2D eigenvalue weighted by atomic mass is 14.3. The van der Waals surface area contributed by atoms with Crippen LogP contribution in [0.3, 0.4) is 0 Å². The first kappa shape index (κ1) is 10.6. The first-order valence-electron chi connectivity index (χ1n) is 6.42. The van der Waals surface area contributed by atoms with Gasteiger partial charge in [-0.3, -0.25) is 0 Å². The van der Waals surface area contributed by atoms with Crippen LogP contribution in [0.25, 0.3) is 11.1 Å². The summed E-state index contributed by atoms with van der Waals surface area (Å²) < 4.78 is 0. The zero-order valence-electron chi connectivity index (χ0n) is 10.5. The van der Waals surface area contributed by atoms with Crippen molar-refractivity contribution in [1.82, 2.24) is 0 Å². The lowest BCUT2D eigenvalue weighted by atomic mass is 9.92. The largest absolute Gasteiger partial charge is 0.0620 e. The zero-order valence-corrected chi connectivity index (χ0v) is 10.5. The molecule has 0 atom stereocenters. The van der Waals surface area contributed by atoms with Gasteiger partial charge in [-0.05, 0) is 54.9 Å². The van der Waals surface area contributed by atoms with Crippen molar-refractivity contribution in [3.63, 3.8) is 0 Å². The van der Waals surface area contributed by atoms with Crippen molar-refractivity contribution in [3.05, 3.63) is 59.2 Å². The summed E-state index contributed by atoms with van der Waals surface area (Å²) >= 11 is 0. The highest BCUT2D eigenvalue weighted by Crippen LogP contribution is 2.45. The maximum atomic E-state index is 2.34. The molecule has 17 heavy (non-hydrogen) atoms. The van der Waals surface area contributed by atoms with Crippen molar-refractivity contribution in [2.24, 2.45) is 0 Å². The summed E-state index contributed by atoms with van der Waals surface area (Å²) in [7, 11) is 0. The SMILES string of the molecule is Cc1ccc(C2CC2)c(-c2ccccc2C)c1. The van der Waals surface area contributed by atoms with Gasteiger partial charge in [0.15, 0.2) is 0 Å². The van der Waals surface area contributed by atoms with Crippen LogP contribution in [0.1, 0.15) is 35.4 Å². The topological polar surface area (TPSA) is 0 Å². The fourth-order valence-corrected chi connectivity index (χ4v) is 2.53. The van der Waals surface area contributed by atoms with E-state index in [2.05, 4.69) is 56.3 Å². The predicted octanol–water partition coefficient (Wildman–Crippen LogP) is 4.85. The molecule has 0 aromatic heterocycles. The number of hydrogen-bond donors (Lipinski definition) is 0. The number of hydrogen-bond acceptors (Lipinski definition) is 0. The second-order valence-corrected chi connectivity index (χ2v) is 5.18. The summed E-state index contributed by atoms with van der Waals surface area (Å²) in [6.45, 7) is 4.38. The van der Waals surface area contributed by atoms with Crippen molar-refractivity contribution in [3.8, 4) is 11.1 Å². The fourth-order valence-electron chi connectivity index (χ4n) is 2.53. The molecule has 0 heterocycles. The molecule has 1 saturated carbocycles. The molecule has 1 fully saturated rings. The monoisotopic (exact) mass is 222 g/mol. The van der Waals surface area contributed by atoms with Crippen LogP contribution in [0.5, 0.6) is 0 Å². The van der Waals surface area contributed by atoms with Gasteiger partial charge in [0.2, 0.25) is 0 Å². The maximum Gasteiger partial charge on any atom is -0.0144 e. The smallest absolute Gasteiger partial charge is 0.0144 e. The van der Waals surface area contributed by atoms with E-state index in [1.54, 1.807) is 5.56 Å². The van der Waals surface area contributed by atoms with Crippen LogP contribution in [-0.4, -0.2) is 0 Å². The van der Waals surface area contributed by atoms with Crippen molar-refractivity contribution in [2.45, 2.75) is 32.6 Å². The van der Waals surface area contributed by atoms with Gasteiger partial charge in [0.1, 0.15) is 0 Å². The van der Waals surface area contributed by atoms with E-state index >= 15 is 0 Å². The number of benzene rings is 2. The fraction of sp³-hybridized carbons (Fsp3) is 0.294. The van der Waals surface area contributed by atoms with E-state index in [0.29, 0.717) is 0 Å². The van der Waals surface area contributed by atoms with Crippen molar-refractivity contribution >= 4 is 0 Å². The second kappa shape index (κ2) is 4.03. The van der Waals surface area contributed by atoms with Gasteiger partial charge < -0.3 is 0 Å². The second-order valence-electron chi connectivity index (χ2n) is 5.18. The van der Waals surface area contributed by atoms with Crippen LogP contribution in [0, 0.1) is 13.8 Å². The molecule has 0 radical (unpaired) electrons. The van der Waals surface area contributed by atoms with Crippen molar-refractivity contribution < 1.29 is 0 Å². The Labute approximate surface area is 103 Å². The van der Waals surface area contributed by atoms with Crippen LogP contribution in [0.2, 0.25) is 0 Å². The third kappa shape index (κ3) is 2.00. The van der Waals surface area contributed by atoms with E-state index in [1.807, 2.05) is 0 Å². The number of rotatable bonds is 2. The summed E-state index contributed by atoms with van der Waals surface area (Å²) in [5.41, 5.74) is 7.13. The molecule has 86 valence electrons. The molecule has 0 aliphatic heterocycles. The quantitative estimate of drug-likeness (QED) is 0.681. The van der Waals surface area contributed by atoms with E-state index in [0.717, 1.165) is 5.92 Å². The maximum absolute atomic E-state index is 2.34. The van der Waals surface area contributed by atoms with Crippen molar-refractivity contribution in [2.75, 3.05) is 0 Å². The third-order valence-electron chi connectivity index (χ3n) is 3.66. The zero-order chi connectivity index (χ0) is 11.8. The Morgan fingerprint density at radius 1 is 0.882 bits per heavy atom. The molecular weight excluding hydrogens is 204 g/mol. The Morgan fingerprint density at radius 3 is 2.35 bits per heavy atom. The summed E-state index contributed by atoms with van der Waals surface area (Å²) in [6, 6.07) is 15.6. The van der Waals surface area contributed by atoms with Gasteiger partial charge in [-0.15, -0.1) is 0 Å². The van der Waals surface area contributed by atoms with E-state index < -0.39 is 0 Å².